The fraction of sp³-hybridized carbons (Fsp3) is 0.304. The molecular formula is C23H26N4O. The van der Waals surface area contributed by atoms with Crippen LogP contribution >= 0.6 is 0 Å². The van der Waals surface area contributed by atoms with Crippen molar-refractivity contribution in [3.63, 3.8) is 0 Å². The minimum absolute atomic E-state index is 0.320. The molecule has 0 atom stereocenters. The van der Waals surface area contributed by atoms with Crippen LogP contribution < -0.4 is 4.90 Å². The van der Waals surface area contributed by atoms with Crippen LogP contribution in [0, 0.1) is 13.8 Å². The topological polar surface area (TPSA) is 52.5 Å². The van der Waals surface area contributed by atoms with Crippen LogP contribution in [0.3, 0.4) is 0 Å². The molecule has 0 aliphatic carbocycles. The second-order valence-electron chi connectivity index (χ2n) is 7.56. The summed E-state index contributed by atoms with van der Waals surface area (Å²) in [6.45, 7) is 8.47. The molecule has 1 aromatic carbocycles. The van der Waals surface area contributed by atoms with E-state index in [0.717, 1.165) is 49.7 Å². The summed E-state index contributed by atoms with van der Waals surface area (Å²) in [6, 6.07) is 14.2. The van der Waals surface area contributed by atoms with Gasteiger partial charge in [0.25, 0.3) is 0 Å². The molecular weight excluding hydrogens is 348 g/mol. The summed E-state index contributed by atoms with van der Waals surface area (Å²) in [4.78, 5) is 13.4. The van der Waals surface area contributed by atoms with E-state index in [-0.39, 0.29) is 0 Å². The molecule has 2 aromatic heterocycles. The minimum atomic E-state index is 0.320. The van der Waals surface area contributed by atoms with Gasteiger partial charge in [-0.15, -0.1) is 0 Å². The Hall–Kier alpha value is -2.92. The zero-order valence-corrected chi connectivity index (χ0v) is 16.5. The average molecular weight is 374 g/mol. The van der Waals surface area contributed by atoms with Gasteiger partial charge in [0.05, 0.1) is 0 Å². The Labute approximate surface area is 166 Å². The fourth-order valence-corrected chi connectivity index (χ4v) is 3.89. The van der Waals surface area contributed by atoms with E-state index in [2.05, 4.69) is 44.0 Å². The van der Waals surface area contributed by atoms with Crippen molar-refractivity contribution in [2.75, 3.05) is 18.0 Å². The summed E-state index contributed by atoms with van der Waals surface area (Å²) in [6.07, 6.45) is 3.75. The van der Waals surface area contributed by atoms with Crippen LogP contribution in [0.15, 0.2) is 54.9 Å². The van der Waals surface area contributed by atoms with Gasteiger partial charge in [-0.2, -0.15) is 0 Å². The molecule has 28 heavy (non-hydrogen) atoms. The van der Waals surface area contributed by atoms with E-state index in [1.54, 1.807) is 6.07 Å². The molecule has 0 saturated heterocycles. The highest BCUT2D eigenvalue weighted by Crippen LogP contribution is 2.30. The number of anilines is 1. The molecule has 0 fully saturated rings. The van der Waals surface area contributed by atoms with Gasteiger partial charge >= 0.3 is 0 Å². The number of aryl methyl sites for hydroxylation is 2. The normalized spacial score (nSPS) is 14.6. The van der Waals surface area contributed by atoms with Crippen LogP contribution in [0.1, 0.15) is 28.1 Å². The summed E-state index contributed by atoms with van der Waals surface area (Å²) < 4.78 is 0. The lowest BCUT2D eigenvalue weighted by atomic mass is 10.1. The maximum Gasteiger partial charge on any atom is 0.116 e. The van der Waals surface area contributed by atoms with Gasteiger partial charge in [0.1, 0.15) is 5.75 Å². The Bertz CT molecular complexity index is 972. The number of aromatic hydroxyl groups is 1. The number of hydrogen-bond donors (Lipinski definition) is 1. The van der Waals surface area contributed by atoms with Crippen molar-refractivity contribution in [2.24, 2.45) is 0 Å². The van der Waals surface area contributed by atoms with Gasteiger partial charge in [0, 0.05) is 62.2 Å². The zero-order valence-electron chi connectivity index (χ0n) is 16.5. The van der Waals surface area contributed by atoms with Crippen molar-refractivity contribution >= 4 is 5.69 Å². The third-order valence-electron chi connectivity index (χ3n) is 5.19. The second kappa shape index (κ2) is 7.98. The second-order valence-corrected chi connectivity index (χ2v) is 7.56. The number of phenolic OH excluding ortho intramolecular Hbond substituents is 1. The number of hydrogen-bond acceptors (Lipinski definition) is 5. The van der Waals surface area contributed by atoms with Crippen LogP contribution in [0.2, 0.25) is 0 Å². The van der Waals surface area contributed by atoms with E-state index in [9.17, 15) is 5.11 Å². The van der Waals surface area contributed by atoms with E-state index >= 15 is 0 Å². The highest BCUT2D eigenvalue weighted by molar-refractivity contribution is 5.57. The summed E-state index contributed by atoms with van der Waals surface area (Å²) >= 11 is 0. The largest absolute Gasteiger partial charge is 0.508 e. The average Bonchev–Trinajstić information content (AvgIpc) is 2.81. The molecule has 5 heteroatoms. The van der Waals surface area contributed by atoms with Crippen molar-refractivity contribution < 1.29 is 5.11 Å². The Balaban J connectivity index is 1.59. The fourth-order valence-electron chi connectivity index (χ4n) is 3.89. The number of pyridine rings is 2. The van der Waals surface area contributed by atoms with Gasteiger partial charge in [-0.3, -0.25) is 14.9 Å². The molecule has 3 heterocycles. The smallest absolute Gasteiger partial charge is 0.116 e. The third kappa shape index (κ3) is 4.31. The molecule has 0 amide bonds. The number of rotatable bonds is 4. The lowest BCUT2D eigenvalue weighted by Crippen LogP contribution is -2.31. The summed E-state index contributed by atoms with van der Waals surface area (Å²) in [5.41, 5.74) is 6.96. The van der Waals surface area contributed by atoms with Crippen molar-refractivity contribution in [1.82, 2.24) is 14.9 Å². The Kier molecular flexibility index (Phi) is 5.26. The van der Waals surface area contributed by atoms with E-state index in [4.69, 9.17) is 0 Å². The SMILES string of the molecule is Cc1cc(CN2CCN(Cc3ccnc(C)c3)c3ccc(O)cc3C2)ccn1. The molecule has 0 unspecified atom stereocenters. The lowest BCUT2D eigenvalue weighted by Gasteiger charge is -2.25. The summed E-state index contributed by atoms with van der Waals surface area (Å²) in [7, 11) is 0. The number of aromatic nitrogens is 2. The van der Waals surface area contributed by atoms with Crippen LogP contribution in [-0.2, 0) is 19.6 Å². The Morgan fingerprint density at radius 2 is 1.54 bits per heavy atom. The minimum Gasteiger partial charge on any atom is -0.508 e. The first-order chi connectivity index (χ1) is 13.6. The predicted octanol–water partition coefficient (Wildman–Crippen LogP) is 3.82. The number of benzene rings is 1. The van der Waals surface area contributed by atoms with Crippen LogP contribution in [0.25, 0.3) is 0 Å². The first kappa shape index (κ1) is 18.4. The molecule has 4 rings (SSSR count). The predicted molar refractivity (Wildman–Crippen MR) is 111 cm³/mol. The third-order valence-corrected chi connectivity index (χ3v) is 5.19. The maximum absolute atomic E-state index is 10.1. The Morgan fingerprint density at radius 1 is 0.857 bits per heavy atom. The van der Waals surface area contributed by atoms with E-state index < -0.39 is 0 Å². The van der Waals surface area contributed by atoms with Crippen LogP contribution in [-0.4, -0.2) is 33.1 Å². The molecule has 5 nitrogen and oxygen atoms in total. The Morgan fingerprint density at radius 3 is 2.21 bits per heavy atom. The van der Waals surface area contributed by atoms with Gasteiger partial charge in [0.2, 0.25) is 0 Å². The summed E-state index contributed by atoms with van der Waals surface area (Å²) in [5, 5.41) is 10.1. The molecule has 0 spiro atoms. The van der Waals surface area contributed by atoms with Gasteiger partial charge < -0.3 is 10.0 Å². The molecule has 144 valence electrons. The standard InChI is InChI=1S/C23H26N4O/c1-17-11-19(5-7-24-17)14-26-9-10-27(15-20-6-8-25-18(2)12-20)23-4-3-22(28)13-21(23)16-26/h3-8,11-13,28H,9-10,14-16H2,1-2H3. The summed E-state index contributed by atoms with van der Waals surface area (Å²) in [5.74, 6) is 0.320. The molecule has 0 saturated carbocycles. The molecule has 0 radical (unpaired) electrons. The van der Waals surface area contributed by atoms with Crippen molar-refractivity contribution in [3.05, 3.63) is 82.9 Å². The number of phenols is 1. The van der Waals surface area contributed by atoms with Gasteiger partial charge in [-0.1, -0.05) is 0 Å². The number of nitrogens with zero attached hydrogens (tertiary/aromatic N) is 4. The van der Waals surface area contributed by atoms with E-state index in [1.807, 2.05) is 38.4 Å². The maximum atomic E-state index is 10.1. The molecule has 1 aliphatic heterocycles. The van der Waals surface area contributed by atoms with Crippen molar-refractivity contribution in [3.8, 4) is 5.75 Å². The molecule has 1 aliphatic rings. The number of fused-ring (bicyclic) bond motifs is 1. The van der Waals surface area contributed by atoms with Crippen LogP contribution in [0.4, 0.5) is 5.69 Å². The molecule has 1 N–H and O–H groups in total. The van der Waals surface area contributed by atoms with Crippen LogP contribution in [0.5, 0.6) is 5.75 Å². The first-order valence-electron chi connectivity index (χ1n) is 9.69. The van der Waals surface area contributed by atoms with E-state index in [1.165, 1.54) is 16.8 Å². The quantitative estimate of drug-likeness (QED) is 0.752. The highest BCUT2D eigenvalue weighted by Gasteiger charge is 2.21. The van der Waals surface area contributed by atoms with Gasteiger partial charge in [-0.25, -0.2) is 0 Å². The molecule has 0 bridgehead atoms. The highest BCUT2D eigenvalue weighted by atomic mass is 16.3. The monoisotopic (exact) mass is 374 g/mol. The molecule has 3 aromatic rings. The lowest BCUT2D eigenvalue weighted by molar-refractivity contribution is 0.268. The first-order valence-corrected chi connectivity index (χ1v) is 9.69. The van der Waals surface area contributed by atoms with Crippen molar-refractivity contribution in [1.29, 1.82) is 0 Å². The van der Waals surface area contributed by atoms with Gasteiger partial charge in [0.15, 0.2) is 0 Å². The van der Waals surface area contributed by atoms with Crippen molar-refractivity contribution in [2.45, 2.75) is 33.5 Å². The van der Waals surface area contributed by atoms with E-state index in [0.29, 0.717) is 5.75 Å². The zero-order chi connectivity index (χ0) is 19.5. The van der Waals surface area contributed by atoms with Gasteiger partial charge in [-0.05, 0) is 73.0 Å².